The van der Waals surface area contributed by atoms with Gasteiger partial charge in [-0.1, -0.05) is 115 Å². The van der Waals surface area contributed by atoms with Crippen LogP contribution in [0.15, 0.2) is 121 Å². The number of hydrogen-bond donors (Lipinski definition) is 0. The van der Waals surface area contributed by atoms with E-state index >= 15 is 0 Å². The quantitative estimate of drug-likeness (QED) is 0.460. The Morgan fingerprint density at radius 1 is 0.621 bits per heavy atom. The van der Waals surface area contributed by atoms with Crippen molar-refractivity contribution in [3.8, 4) is 0 Å². The molecule has 135 valence electrons. The summed E-state index contributed by atoms with van der Waals surface area (Å²) in [6.45, 7) is 0. The van der Waals surface area contributed by atoms with Crippen molar-refractivity contribution in [3.63, 3.8) is 0 Å². The Balaban J connectivity index is 1.67. The van der Waals surface area contributed by atoms with E-state index in [-0.39, 0.29) is 5.41 Å². The maximum absolute atomic E-state index is 3.70. The van der Waals surface area contributed by atoms with Crippen molar-refractivity contribution in [2.24, 2.45) is 0 Å². The van der Waals surface area contributed by atoms with Gasteiger partial charge in [-0.05, 0) is 49.6 Å². The molecule has 0 saturated heterocycles. The third-order valence-electron chi connectivity index (χ3n) is 6.15. The Hall–Kier alpha value is -3.64. The first-order valence-electron chi connectivity index (χ1n) is 10.0. The summed E-state index contributed by atoms with van der Waals surface area (Å²) in [7, 11) is 0. The highest BCUT2D eigenvalue weighted by Gasteiger charge is 2.33. The molecule has 0 spiro atoms. The predicted octanol–water partition coefficient (Wildman–Crippen LogP) is 5.14. The van der Waals surface area contributed by atoms with Gasteiger partial charge in [-0.25, -0.2) is 0 Å². The second kappa shape index (κ2) is 6.18. The van der Waals surface area contributed by atoms with Crippen LogP contribution in [0.25, 0.3) is 22.4 Å². The minimum atomic E-state index is -0.286. The molecule has 0 heteroatoms. The monoisotopic (exact) mass is 367 g/mol. The normalized spacial score (nSPS) is 16.1. The maximum atomic E-state index is 3.70. The van der Waals surface area contributed by atoms with Gasteiger partial charge in [0.2, 0.25) is 0 Å². The van der Waals surface area contributed by atoms with Crippen LogP contribution in [0.3, 0.4) is 0 Å². The van der Waals surface area contributed by atoms with Crippen molar-refractivity contribution < 1.29 is 0 Å². The first kappa shape index (κ1) is 16.3. The molecular weight excluding hydrogens is 348 g/mol. The molecule has 2 aliphatic rings. The molecule has 0 saturated carbocycles. The molecular formula is C29H19. The molecule has 0 fully saturated rings. The molecule has 0 aliphatic heterocycles. The number of rotatable bonds is 2. The van der Waals surface area contributed by atoms with E-state index < -0.39 is 0 Å². The fourth-order valence-electron chi connectivity index (χ4n) is 4.74. The first-order chi connectivity index (χ1) is 14.4. The van der Waals surface area contributed by atoms with Gasteiger partial charge in [-0.2, -0.15) is 0 Å². The summed E-state index contributed by atoms with van der Waals surface area (Å²) in [5.74, 6) is 0. The van der Waals surface area contributed by atoms with Gasteiger partial charge in [0.05, 0.1) is 5.41 Å². The van der Waals surface area contributed by atoms with Gasteiger partial charge < -0.3 is 0 Å². The molecule has 0 bridgehead atoms. The fraction of sp³-hybridized carbons (Fsp3) is 0.0345. The maximum Gasteiger partial charge on any atom is 0.0575 e. The van der Waals surface area contributed by atoms with Gasteiger partial charge in [0.1, 0.15) is 0 Å². The van der Waals surface area contributed by atoms with Crippen LogP contribution in [0.2, 0.25) is 0 Å². The third-order valence-corrected chi connectivity index (χ3v) is 6.15. The van der Waals surface area contributed by atoms with Crippen molar-refractivity contribution in [3.05, 3.63) is 142 Å². The molecule has 0 nitrogen and oxygen atoms in total. The smallest absolute Gasteiger partial charge is 0.0575 e. The molecule has 4 aromatic rings. The molecule has 2 aliphatic carbocycles. The van der Waals surface area contributed by atoms with Gasteiger partial charge in [0.25, 0.3) is 0 Å². The molecule has 0 N–H and O–H groups in total. The summed E-state index contributed by atoms with van der Waals surface area (Å²) in [5.41, 5.74) is 4.73. The van der Waals surface area contributed by atoms with E-state index in [9.17, 15) is 0 Å². The van der Waals surface area contributed by atoms with Crippen LogP contribution in [0.5, 0.6) is 0 Å². The zero-order valence-electron chi connectivity index (χ0n) is 16.0. The highest BCUT2D eigenvalue weighted by molar-refractivity contribution is 5.97. The van der Waals surface area contributed by atoms with E-state index in [1.165, 1.54) is 43.5 Å². The fourth-order valence-corrected chi connectivity index (χ4v) is 4.74. The number of hydrogen-bond acceptors (Lipinski definition) is 0. The number of allylic oxidation sites excluding steroid dienone is 4. The van der Waals surface area contributed by atoms with Crippen LogP contribution in [0.1, 0.15) is 11.1 Å². The Morgan fingerprint density at radius 2 is 1.28 bits per heavy atom. The van der Waals surface area contributed by atoms with Crippen molar-refractivity contribution in [2.45, 2.75) is 5.41 Å². The lowest BCUT2D eigenvalue weighted by Gasteiger charge is -2.32. The molecule has 4 aromatic carbocycles. The second-order valence-corrected chi connectivity index (χ2v) is 7.74. The van der Waals surface area contributed by atoms with E-state index in [0.29, 0.717) is 0 Å². The van der Waals surface area contributed by atoms with E-state index in [0.717, 1.165) is 0 Å². The van der Waals surface area contributed by atoms with Gasteiger partial charge in [-0.3, -0.25) is 0 Å². The summed E-state index contributed by atoms with van der Waals surface area (Å²) in [4.78, 5) is 0. The van der Waals surface area contributed by atoms with Crippen molar-refractivity contribution in [1.82, 2.24) is 0 Å². The van der Waals surface area contributed by atoms with Gasteiger partial charge >= 0.3 is 0 Å². The Labute approximate surface area is 170 Å². The Morgan fingerprint density at radius 3 is 2.00 bits per heavy atom. The molecule has 0 heterocycles. The van der Waals surface area contributed by atoms with Crippen LogP contribution in [-0.2, 0) is 5.41 Å². The standard InChI is InChI=1S/C29H19/c1-3-10-24(11-4-1)29(25-12-5-2-6-13-25)18-17-27-23(20-29)19-22-16-15-21-9-7-8-14-26(21)28(22)27/h1-18,20H. The van der Waals surface area contributed by atoms with Crippen LogP contribution in [0.4, 0.5) is 0 Å². The Bertz CT molecular complexity index is 1380. The molecule has 1 radical (unpaired) electrons. The molecule has 29 heavy (non-hydrogen) atoms. The highest BCUT2D eigenvalue weighted by atomic mass is 14.4. The van der Waals surface area contributed by atoms with E-state index in [1.54, 1.807) is 0 Å². The summed E-state index contributed by atoms with van der Waals surface area (Å²) in [6, 6.07) is 34.5. The SMILES string of the molecule is [C]1=c2ccc3ccccc3c2=C2C=CC(c3ccccc3)(c3ccccc3)C=C12. The summed E-state index contributed by atoms with van der Waals surface area (Å²) < 4.78 is 0. The summed E-state index contributed by atoms with van der Waals surface area (Å²) in [6.07, 6.45) is 10.7. The minimum Gasteiger partial charge on any atom is -0.0651 e. The van der Waals surface area contributed by atoms with E-state index in [1.807, 2.05) is 0 Å². The van der Waals surface area contributed by atoms with E-state index in [2.05, 4.69) is 121 Å². The van der Waals surface area contributed by atoms with Gasteiger partial charge in [0.15, 0.2) is 0 Å². The van der Waals surface area contributed by atoms with Crippen molar-refractivity contribution in [1.29, 1.82) is 0 Å². The zero-order chi connectivity index (χ0) is 19.3. The lowest BCUT2D eigenvalue weighted by molar-refractivity contribution is 0.808. The first-order valence-corrected chi connectivity index (χ1v) is 10.0. The molecule has 0 atom stereocenters. The van der Waals surface area contributed by atoms with E-state index in [4.69, 9.17) is 0 Å². The van der Waals surface area contributed by atoms with Gasteiger partial charge in [0, 0.05) is 0 Å². The third kappa shape index (κ3) is 2.39. The molecule has 0 amide bonds. The lowest BCUT2D eigenvalue weighted by Crippen LogP contribution is -2.26. The van der Waals surface area contributed by atoms with Crippen molar-refractivity contribution in [2.75, 3.05) is 0 Å². The van der Waals surface area contributed by atoms with Crippen LogP contribution in [-0.4, -0.2) is 0 Å². The van der Waals surface area contributed by atoms with Crippen molar-refractivity contribution >= 4 is 22.4 Å². The average molecular weight is 367 g/mol. The Kier molecular flexibility index (Phi) is 3.48. The summed E-state index contributed by atoms with van der Waals surface area (Å²) in [5, 5.41) is 5.07. The minimum absolute atomic E-state index is 0.286. The number of fused-ring (bicyclic) bond motifs is 4. The lowest BCUT2D eigenvalue weighted by atomic mass is 9.70. The van der Waals surface area contributed by atoms with Crippen LogP contribution in [0, 0.1) is 0 Å². The predicted molar refractivity (Wildman–Crippen MR) is 121 cm³/mol. The number of benzene rings is 4. The van der Waals surface area contributed by atoms with Crippen LogP contribution < -0.4 is 10.4 Å². The summed E-state index contributed by atoms with van der Waals surface area (Å²) >= 11 is 0. The average Bonchev–Trinajstić information content (AvgIpc) is 3.18. The molecule has 0 unspecified atom stereocenters. The van der Waals surface area contributed by atoms with Crippen LogP contribution >= 0.6 is 0 Å². The highest BCUT2D eigenvalue weighted by Crippen LogP contribution is 2.41. The topological polar surface area (TPSA) is 0 Å². The molecule has 6 rings (SSSR count). The zero-order valence-corrected chi connectivity index (χ0v) is 16.0. The largest absolute Gasteiger partial charge is 0.0651 e. The second-order valence-electron chi connectivity index (χ2n) is 7.74. The van der Waals surface area contributed by atoms with Gasteiger partial charge in [-0.15, -0.1) is 0 Å². The molecule has 0 aromatic heterocycles.